The average Bonchev–Trinajstić information content (AvgIpc) is 3.40. The first-order chi connectivity index (χ1) is 13.2. The van der Waals surface area contributed by atoms with Crippen LogP contribution in [0.2, 0.25) is 0 Å². The Labute approximate surface area is 174 Å². The molecular weight excluding hydrogens is 445 g/mol. The smallest absolute Gasteiger partial charge is 0.236 e. The quantitative estimate of drug-likeness (QED) is 0.497. The summed E-state index contributed by atoms with van der Waals surface area (Å²) in [6.07, 6.45) is 3.22. The number of carbonyl (C=O) groups excluding carboxylic acids is 2. The summed E-state index contributed by atoms with van der Waals surface area (Å²) in [5.74, 6) is -0.161. The van der Waals surface area contributed by atoms with E-state index in [-0.39, 0.29) is 23.3 Å². The molecule has 138 valence electrons. The van der Waals surface area contributed by atoms with E-state index in [1.807, 2.05) is 0 Å². The second kappa shape index (κ2) is 9.81. The fraction of sp³-hybridized carbons (Fsp3) is 0.143. The molecule has 3 rings (SSSR count). The summed E-state index contributed by atoms with van der Waals surface area (Å²) in [4.78, 5) is 31.8. The first kappa shape index (κ1) is 19.8. The van der Waals surface area contributed by atoms with E-state index in [1.165, 1.54) is 46.2 Å². The first-order valence-electron chi connectivity index (χ1n) is 7.19. The number of hydrogen-bond donors (Lipinski definition) is 2. The van der Waals surface area contributed by atoms with Crippen LogP contribution in [0, 0.1) is 11.3 Å². The van der Waals surface area contributed by atoms with E-state index in [1.54, 1.807) is 23.2 Å². The molecule has 0 aliphatic carbocycles. The standard InChI is InChI=1S/C14H10N6O2S5/c15-5-8-11(25-6-9(21)18-13-16-1-3-23-13)20-27-12(8)26-7-10(22)19-14-17-2-4-24-14/h1-4H,6-7H2,(H,16,18,21)(H,17,19,22). The minimum Gasteiger partial charge on any atom is -0.301 e. The van der Waals surface area contributed by atoms with Crippen molar-refractivity contribution < 1.29 is 9.59 Å². The number of rotatable bonds is 8. The number of anilines is 2. The number of nitrogens with zero attached hydrogens (tertiary/aromatic N) is 4. The number of nitriles is 1. The molecule has 0 saturated heterocycles. The van der Waals surface area contributed by atoms with E-state index in [0.29, 0.717) is 25.1 Å². The highest BCUT2D eigenvalue weighted by Crippen LogP contribution is 2.34. The van der Waals surface area contributed by atoms with Crippen molar-refractivity contribution in [2.75, 3.05) is 22.1 Å². The molecule has 8 nitrogen and oxygen atoms in total. The lowest BCUT2D eigenvalue weighted by Gasteiger charge is -2.01. The van der Waals surface area contributed by atoms with Crippen LogP contribution in [-0.4, -0.2) is 37.7 Å². The molecule has 0 bridgehead atoms. The fourth-order valence-corrected chi connectivity index (χ4v) is 5.48. The van der Waals surface area contributed by atoms with Gasteiger partial charge in [-0.05, 0) is 11.5 Å². The number of aromatic nitrogens is 3. The minimum atomic E-state index is -0.219. The van der Waals surface area contributed by atoms with Crippen LogP contribution in [0.15, 0.2) is 32.4 Å². The lowest BCUT2D eigenvalue weighted by atomic mass is 10.4. The van der Waals surface area contributed by atoms with Crippen molar-refractivity contribution in [2.45, 2.75) is 9.24 Å². The third kappa shape index (κ3) is 5.75. The van der Waals surface area contributed by atoms with Gasteiger partial charge in [0.05, 0.1) is 11.5 Å². The van der Waals surface area contributed by atoms with Crippen LogP contribution in [0.3, 0.4) is 0 Å². The number of thioether (sulfide) groups is 2. The summed E-state index contributed by atoms with van der Waals surface area (Å²) in [5.41, 5.74) is 0.388. The predicted molar refractivity (Wildman–Crippen MR) is 110 cm³/mol. The van der Waals surface area contributed by atoms with Crippen molar-refractivity contribution in [2.24, 2.45) is 0 Å². The van der Waals surface area contributed by atoms with Gasteiger partial charge in [0.1, 0.15) is 20.9 Å². The molecule has 0 atom stereocenters. The molecule has 0 fully saturated rings. The largest absolute Gasteiger partial charge is 0.301 e. The number of nitrogens with one attached hydrogen (secondary N) is 2. The van der Waals surface area contributed by atoms with E-state index in [0.717, 1.165) is 11.5 Å². The summed E-state index contributed by atoms with van der Waals surface area (Å²) in [7, 11) is 0. The maximum Gasteiger partial charge on any atom is 0.236 e. The van der Waals surface area contributed by atoms with Gasteiger partial charge in [-0.1, -0.05) is 11.8 Å². The van der Waals surface area contributed by atoms with E-state index < -0.39 is 0 Å². The molecule has 3 aromatic heterocycles. The highest BCUT2D eigenvalue weighted by atomic mass is 32.2. The lowest BCUT2D eigenvalue weighted by molar-refractivity contribution is -0.114. The third-order valence-electron chi connectivity index (χ3n) is 2.77. The number of thiazole rings is 2. The Hall–Kier alpha value is -1.98. The molecule has 13 heteroatoms. The minimum absolute atomic E-state index is 0.118. The van der Waals surface area contributed by atoms with E-state index in [2.05, 4.69) is 31.0 Å². The molecule has 0 aliphatic heterocycles. The summed E-state index contributed by atoms with van der Waals surface area (Å²) in [6, 6.07) is 2.11. The van der Waals surface area contributed by atoms with Crippen LogP contribution in [0.25, 0.3) is 0 Å². The van der Waals surface area contributed by atoms with Gasteiger partial charge in [-0.15, -0.1) is 34.4 Å². The second-order valence-corrected chi connectivity index (χ2v) is 9.38. The summed E-state index contributed by atoms with van der Waals surface area (Å²) in [5, 5.41) is 19.9. The highest BCUT2D eigenvalue weighted by Gasteiger charge is 2.17. The molecule has 3 aromatic rings. The SMILES string of the molecule is N#Cc1c(SCC(=O)Nc2nccs2)nsc1SCC(=O)Nc1nccs1. The van der Waals surface area contributed by atoms with Crippen molar-refractivity contribution in [1.29, 1.82) is 5.26 Å². The second-order valence-electron chi connectivity index (χ2n) is 4.61. The Balaban J connectivity index is 1.52. The fourth-order valence-electron chi connectivity index (χ4n) is 1.70. The van der Waals surface area contributed by atoms with E-state index in [4.69, 9.17) is 0 Å². The molecule has 0 unspecified atom stereocenters. The van der Waals surface area contributed by atoms with Gasteiger partial charge in [0.15, 0.2) is 10.3 Å². The van der Waals surface area contributed by atoms with Crippen LogP contribution in [0.4, 0.5) is 10.3 Å². The van der Waals surface area contributed by atoms with Crippen molar-refractivity contribution >= 4 is 79.8 Å². The summed E-state index contributed by atoms with van der Waals surface area (Å²) in [6.45, 7) is 0. The first-order valence-corrected chi connectivity index (χ1v) is 11.7. The van der Waals surface area contributed by atoms with Crippen molar-refractivity contribution in [3.05, 3.63) is 28.7 Å². The maximum absolute atomic E-state index is 11.9. The zero-order valence-corrected chi connectivity index (χ0v) is 17.5. The summed E-state index contributed by atoms with van der Waals surface area (Å²) >= 11 is 6.23. The molecular formula is C14H10N6O2S5. The Morgan fingerprint density at radius 2 is 1.63 bits per heavy atom. The Morgan fingerprint density at radius 1 is 1.04 bits per heavy atom. The maximum atomic E-state index is 11.9. The van der Waals surface area contributed by atoms with Gasteiger partial charge in [0.25, 0.3) is 0 Å². The zero-order chi connectivity index (χ0) is 19.1. The molecule has 27 heavy (non-hydrogen) atoms. The van der Waals surface area contributed by atoms with Crippen LogP contribution >= 0.6 is 57.7 Å². The van der Waals surface area contributed by atoms with Gasteiger partial charge in [-0.25, -0.2) is 9.97 Å². The van der Waals surface area contributed by atoms with Crippen LogP contribution in [-0.2, 0) is 9.59 Å². The number of carbonyl (C=O) groups is 2. The van der Waals surface area contributed by atoms with E-state index >= 15 is 0 Å². The zero-order valence-electron chi connectivity index (χ0n) is 13.4. The van der Waals surface area contributed by atoms with Crippen LogP contribution < -0.4 is 10.6 Å². The predicted octanol–water partition coefficient (Wildman–Crippen LogP) is 3.39. The lowest BCUT2D eigenvalue weighted by Crippen LogP contribution is -2.14. The van der Waals surface area contributed by atoms with Crippen molar-refractivity contribution in [3.63, 3.8) is 0 Å². The third-order valence-corrected chi connectivity index (χ3v) is 7.33. The Morgan fingerprint density at radius 3 is 2.15 bits per heavy atom. The normalized spacial score (nSPS) is 10.3. The summed E-state index contributed by atoms with van der Waals surface area (Å²) < 4.78 is 4.88. The molecule has 0 aliphatic rings. The topological polar surface area (TPSA) is 121 Å². The van der Waals surface area contributed by atoms with Gasteiger partial charge in [0, 0.05) is 23.2 Å². The molecule has 3 heterocycles. The van der Waals surface area contributed by atoms with Gasteiger partial charge in [0.2, 0.25) is 11.8 Å². The highest BCUT2D eigenvalue weighted by molar-refractivity contribution is 8.02. The van der Waals surface area contributed by atoms with Gasteiger partial charge < -0.3 is 10.6 Å². The van der Waals surface area contributed by atoms with Crippen LogP contribution in [0.5, 0.6) is 0 Å². The molecule has 0 aromatic carbocycles. The Bertz CT molecular complexity index is 878. The number of hydrogen-bond acceptors (Lipinski definition) is 11. The molecule has 0 saturated carbocycles. The molecule has 0 spiro atoms. The molecule has 0 radical (unpaired) electrons. The Kier molecular flexibility index (Phi) is 7.18. The molecule has 2 N–H and O–H groups in total. The van der Waals surface area contributed by atoms with E-state index in [9.17, 15) is 14.9 Å². The van der Waals surface area contributed by atoms with Crippen molar-refractivity contribution in [3.8, 4) is 6.07 Å². The number of amides is 2. The monoisotopic (exact) mass is 454 g/mol. The van der Waals surface area contributed by atoms with Gasteiger partial charge >= 0.3 is 0 Å². The van der Waals surface area contributed by atoms with Gasteiger partial charge in [-0.3, -0.25) is 9.59 Å². The molecule has 2 amide bonds. The van der Waals surface area contributed by atoms with Crippen molar-refractivity contribution in [1.82, 2.24) is 14.3 Å². The van der Waals surface area contributed by atoms with Gasteiger partial charge in [-0.2, -0.15) is 9.64 Å². The average molecular weight is 455 g/mol. The van der Waals surface area contributed by atoms with Crippen LogP contribution in [0.1, 0.15) is 5.56 Å².